The third-order valence-corrected chi connectivity index (χ3v) is 3.45. The van der Waals surface area contributed by atoms with Gasteiger partial charge >= 0.3 is 0 Å². The highest BCUT2D eigenvalue weighted by molar-refractivity contribution is 9.10. The number of nitrogens with zero attached hydrogens (tertiary/aromatic N) is 3. The molecule has 0 bridgehead atoms. The van der Waals surface area contributed by atoms with Crippen LogP contribution in [0.2, 0.25) is 0 Å². The van der Waals surface area contributed by atoms with Crippen molar-refractivity contribution >= 4 is 27.7 Å². The quantitative estimate of drug-likeness (QED) is 0.926. The summed E-state index contributed by atoms with van der Waals surface area (Å²) in [5.74, 6) is -0.326. The number of amides is 1. The van der Waals surface area contributed by atoms with Crippen molar-refractivity contribution in [2.45, 2.75) is 6.54 Å². The van der Waals surface area contributed by atoms with Crippen molar-refractivity contribution < 1.29 is 9.18 Å². The lowest BCUT2D eigenvalue weighted by atomic mass is 10.2. The van der Waals surface area contributed by atoms with Crippen LogP contribution in [-0.4, -0.2) is 23.2 Å². The van der Waals surface area contributed by atoms with E-state index in [4.69, 9.17) is 5.73 Å². The molecule has 104 valence electrons. The molecule has 20 heavy (non-hydrogen) atoms. The summed E-state index contributed by atoms with van der Waals surface area (Å²) in [5, 5.41) is 7.67. The summed E-state index contributed by atoms with van der Waals surface area (Å²) in [4.78, 5) is 12.7. The molecule has 0 aliphatic heterocycles. The summed E-state index contributed by atoms with van der Waals surface area (Å²) in [7, 11) is 1.82. The molecule has 0 spiro atoms. The first-order valence-corrected chi connectivity index (χ1v) is 6.55. The lowest BCUT2D eigenvalue weighted by Gasteiger charge is -2.18. The number of rotatable bonds is 4. The average molecular weight is 339 g/mol. The summed E-state index contributed by atoms with van der Waals surface area (Å²) >= 11 is 3.31. The minimum atomic E-state index is -0.618. The number of nitrogens with two attached hydrogens (primary N) is 1. The Balaban J connectivity index is 2.15. The van der Waals surface area contributed by atoms with Crippen LogP contribution >= 0.6 is 15.9 Å². The van der Waals surface area contributed by atoms with E-state index in [0.29, 0.717) is 16.8 Å². The van der Waals surface area contributed by atoms with Gasteiger partial charge in [0.05, 0.1) is 0 Å². The Bertz CT molecular complexity index is 633. The van der Waals surface area contributed by atoms with Gasteiger partial charge in [-0.2, -0.15) is 0 Å². The molecule has 5 nitrogen and oxygen atoms in total. The Kier molecular flexibility index (Phi) is 4.29. The van der Waals surface area contributed by atoms with Crippen molar-refractivity contribution in [1.29, 1.82) is 0 Å². The molecule has 2 aromatic rings. The van der Waals surface area contributed by atoms with Crippen molar-refractivity contribution in [3.8, 4) is 0 Å². The molecule has 1 aromatic carbocycles. The van der Waals surface area contributed by atoms with Gasteiger partial charge in [0.1, 0.15) is 5.82 Å². The SMILES string of the molecule is CN(Cc1ccc(F)cc1Br)c1ccc(C(N)=O)nn1. The molecular formula is C13H12BrFN4O. The highest BCUT2D eigenvalue weighted by Crippen LogP contribution is 2.21. The van der Waals surface area contributed by atoms with Gasteiger partial charge in [-0.3, -0.25) is 4.79 Å². The van der Waals surface area contributed by atoms with Gasteiger partial charge < -0.3 is 10.6 Å². The molecule has 0 atom stereocenters. The fourth-order valence-corrected chi connectivity index (χ4v) is 2.12. The van der Waals surface area contributed by atoms with Gasteiger partial charge in [0, 0.05) is 18.1 Å². The molecule has 0 aliphatic rings. The van der Waals surface area contributed by atoms with Crippen molar-refractivity contribution in [2.75, 3.05) is 11.9 Å². The van der Waals surface area contributed by atoms with Crippen LogP contribution in [0, 0.1) is 5.82 Å². The molecule has 1 aromatic heterocycles. The van der Waals surface area contributed by atoms with Crippen LogP contribution in [0.4, 0.5) is 10.2 Å². The summed E-state index contributed by atoms with van der Waals surface area (Å²) in [5.41, 5.74) is 6.13. The maximum absolute atomic E-state index is 13.0. The second kappa shape index (κ2) is 5.96. The maximum Gasteiger partial charge on any atom is 0.269 e. The number of anilines is 1. The molecule has 1 heterocycles. The number of carbonyl (C=O) groups excluding carboxylic acids is 1. The van der Waals surface area contributed by atoms with E-state index in [2.05, 4.69) is 26.1 Å². The average Bonchev–Trinajstić information content (AvgIpc) is 2.42. The first-order chi connectivity index (χ1) is 9.47. The number of halogens is 2. The van der Waals surface area contributed by atoms with E-state index in [-0.39, 0.29) is 11.5 Å². The van der Waals surface area contributed by atoms with E-state index in [1.54, 1.807) is 12.1 Å². The van der Waals surface area contributed by atoms with E-state index < -0.39 is 5.91 Å². The molecule has 0 saturated heterocycles. The molecule has 0 radical (unpaired) electrons. The fourth-order valence-electron chi connectivity index (χ4n) is 1.65. The Hall–Kier alpha value is -2.02. The van der Waals surface area contributed by atoms with Gasteiger partial charge in [-0.15, -0.1) is 10.2 Å². The summed E-state index contributed by atoms with van der Waals surface area (Å²) in [6, 6.07) is 7.67. The largest absolute Gasteiger partial charge is 0.364 e. The van der Waals surface area contributed by atoms with E-state index in [0.717, 1.165) is 5.56 Å². The molecule has 7 heteroatoms. The number of benzene rings is 1. The molecule has 0 unspecified atom stereocenters. The highest BCUT2D eigenvalue weighted by atomic mass is 79.9. The third-order valence-electron chi connectivity index (χ3n) is 2.72. The molecule has 1 amide bonds. The number of carbonyl (C=O) groups is 1. The van der Waals surface area contributed by atoms with Crippen LogP contribution in [0.3, 0.4) is 0 Å². The normalized spacial score (nSPS) is 10.3. The van der Waals surface area contributed by atoms with Crippen LogP contribution in [-0.2, 0) is 6.54 Å². The van der Waals surface area contributed by atoms with Crippen molar-refractivity contribution in [3.05, 3.63) is 51.9 Å². The zero-order valence-electron chi connectivity index (χ0n) is 10.7. The Morgan fingerprint density at radius 3 is 2.65 bits per heavy atom. The number of hydrogen-bond acceptors (Lipinski definition) is 4. The van der Waals surface area contributed by atoms with Gasteiger partial charge in [-0.1, -0.05) is 22.0 Å². The van der Waals surface area contributed by atoms with Crippen molar-refractivity contribution in [3.63, 3.8) is 0 Å². The van der Waals surface area contributed by atoms with Crippen LogP contribution in [0.5, 0.6) is 0 Å². The Morgan fingerprint density at radius 1 is 1.35 bits per heavy atom. The van der Waals surface area contributed by atoms with Gasteiger partial charge in [0.2, 0.25) is 0 Å². The zero-order valence-corrected chi connectivity index (χ0v) is 12.3. The molecule has 0 saturated carbocycles. The predicted molar refractivity (Wildman–Crippen MR) is 76.8 cm³/mol. The monoisotopic (exact) mass is 338 g/mol. The first-order valence-electron chi connectivity index (χ1n) is 5.76. The second-order valence-corrected chi connectivity index (χ2v) is 5.09. The smallest absolute Gasteiger partial charge is 0.269 e. The molecule has 0 fully saturated rings. The van der Waals surface area contributed by atoms with Gasteiger partial charge in [0.15, 0.2) is 11.5 Å². The van der Waals surface area contributed by atoms with Gasteiger partial charge in [0.25, 0.3) is 5.91 Å². The number of aromatic nitrogens is 2. The second-order valence-electron chi connectivity index (χ2n) is 4.23. The summed E-state index contributed by atoms with van der Waals surface area (Å²) < 4.78 is 13.7. The van der Waals surface area contributed by atoms with E-state index in [1.807, 2.05) is 11.9 Å². The van der Waals surface area contributed by atoms with Gasteiger partial charge in [-0.05, 0) is 29.8 Å². The van der Waals surface area contributed by atoms with Crippen LogP contribution < -0.4 is 10.6 Å². The van der Waals surface area contributed by atoms with E-state index >= 15 is 0 Å². The molecular weight excluding hydrogens is 327 g/mol. The minimum Gasteiger partial charge on any atom is -0.364 e. The van der Waals surface area contributed by atoms with Crippen LogP contribution in [0.15, 0.2) is 34.8 Å². The first kappa shape index (κ1) is 14.4. The minimum absolute atomic E-state index is 0.116. The lowest BCUT2D eigenvalue weighted by Crippen LogP contribution is -2.20. The Morgan fingerprint density at radius 2 is 2.10 bits per heavy atom. The standard InChI is InChI=1S/C13H12BrFN4O/c1-19(7-8-2-3-9(15)6-10(8)14)12-5-4-11(13(16)20)17-18-12/h2-6H,7H2,1H3,(H2,16,20). The topological polar surface area (TPSA) is 72.1 Å². The van der Waals surface area contributed by atoms with Crippen molar-refractivity contribution in [1.82, 2.24) is 10.2 Å². The van der Waals surface area contributed by atoms with E-state index in [9.17, 15) is 9.18 Å². The van der Waals surface area contributed by atoms with E-state index in [1.165, 1.54) is 18.2 Å². The number of primary amides is 1. The molecule has 2 rings (SSSR count). The van der Waals surface area contributed by atoms with Crippen LogP contribution in [0.25, 0.3) is 0 Å². The predicted octanol–water partition coefficient (Wildman–Crippen LogP) is 2.11. The third kappa shape index (κ3) is 3.30. The van der Waals surface area contributed by atoms with Gasteiger partial charge in [-0.25, -0.2) is 4.39 Å². The van der Waals surface area contributed by atoms with Crippen molar-refractivity contribution in [2.24, 2.45) is 5.73 Å². The molecule has 0 aliphatic carbocycles. The lowest BCUT2D eigenvalue weighted by molar-refractivity contribution is 0.0994. The summed E-state index contributed by atoms with van der Waals surface area (Å²) in [6.45, 7) is 0.519. The zero-order chi connectivity index (χ0) is 14.7. The van der Waals surface area contributed by atoms with Crippen LogP contribution in [0.1, 0.15) is 16.1 Å². The Labute approximate surface area is 123 Å². The fraction of sp³-hybridized carbons (Fsp3) is 0.154. The maximum atomic E-state index is 13.0. The summed E-state index contributed by atoms with van der Waals surface area (Å²) in [6.07, 6.45) is 0. The number of hydrogen-bond donors (Lipinski definition) is 1. The highest BCUT2D eigenvalue weighted by Gasteiger charge is 2.09. The molecule has 2 N–H and O–H groups in total.